The van der Waals surface area contributed by atoms with Crippen LogP contribution in [0.3, 0.4) is 0 Å². The number of anilines is 1. The molecule has 0 aliphatic heterocycles. The molecule has 2 N–H and O–H groups in total. The van der Waals surface area contributed by atoms with E-state index in [9.17, 15) is 14.9 Å². The predicted octanol–water partition coefficient (Wildman–Crippen LogP) is 5.18. The molecule has 0 bridgehead atoms. The number of nitrogens with zero attached hydrogens (tertiary/aromatic N) is 2. The van der Waals surface area contributed by atoms with Crippen LogP contribution in [-0.4, -0.2) is 21.7 Å². The maximum Gasteiger partial charge on any atom is 0.254 e. The Hall–Kier alpha value is -2.48. The van der Waals surface area contributed by atoms with Gasteiger partial charge in [-0.2, -0.15) is 10.5 Å². The van der Waals surface area contributed by atoms with Crippen LogP contribution in [0.2, 0.25) is 10.0 Å². The highest BCUT2D eigenvalue weighted by Gasteiger charge is 2.67. The number of amides is 2. The summed E-state index contributed by atoms with van der Waals surface area (Å²) in [5, 5.41) is 24.2. The standard InChI is InChI=1S/C22H14Cl4N4O2/c23-13-6-11(9-27)5-12(7-13)17-18(22(17,25)26)20(32)29-14-1-2-16(24)15(8-14)19(31)30-21(10-28)3-4-21/h1-2,5-8,17-18H,3-4H2,(H,29,32)(H,30,31). The highest BCUT2D eigenvalue weighted by Crippen LogP contribution is 2.65. The van der Waals surface area contributed by atoms with Gasteiger partial charge in [0.15, 0.2) is 0 Å². The zero-order chi connectivity index (χ0) is 23.3. The number of carbonyl (C=O) groups excluding carboxylic acids is 2. The summed E-state index contributed by atoms with van der Waals surface area (Å²) in [5.74, 6) is -2.31. The van der Waals surface area contributed by atoms with E-state index < -0.39 is 33.5 Å². The molecule has 0 heterocycles. The fourth-order valence-electron chi connectivity index (χ4n) is 3.60. The number of carbonyl (C=O) groups is 2. The van der Waals surface area contributed by atoms with Crippen molar-refractivity contribution in [3.05, 3.63) is 63.1 Å². The summed E-state index contributed by atoms with van der Waals surface area (Å²) in [6, 6.07) is 13.3. The van der Waals surface area contributed by atoms with Crippen LogP contribution in [0.15, 0.2) is 36.4 Å². The predicted molar refractivity (Wildman–Crippen MR) is 122 cm³/mol. The largest absolute Gasteiger partial charge is 0.334 e. The average molecular weight is 508 g/mol. The SMILES string of the molecule is N#Cc1cc(Cl)cc(C2C(C(=O)Nc3ccc(Cl)c(C(=O)NC4(C#N)CC4)c3)C2(Cl)Cl)c1. The van der Waals surface area contributed by atoms with E-state index in [1.807, 2.05) is 6.07 Å². The van der Waals surface area contributed by atoms with Crippen molar-refractivity contribution in [1.29, 1.82) is 10.5 Å². The lowest BCUT2D eigenvalue weighted by Crippen LogP contribution is -2.35. The maximum absolute atomic E-state index is 12.9. The third kappa shape index (κ3) is 4.25. The molecular weight excluding hydrogens is 494 g/mol. The normalized spacial score (nSPS) is 21.6. The molecule has 162 valence electrons. The molecule has 2 aliphatic carbocycles. The fourth-order valence-corrected chi connectivity index (χ4v) is 4.87. The summed E-state index contributed by atoms with van der Waals surface area (Å²) in [6.07, 6.45) is 1.16. The molecule has 2 amide bonds. The van der Waals surface area contributed by atoms with Crippen LogP contribution in [0.25, 0.3) is 0 Å². The third-order valence-corrected chi connectivity index (χ3v) is 7.03. The number of hydrogen-bond acceptors (Lipinski definition) is 4. The van der Waals surface area contributed by atoms with Crippen LogP contribution >= 0.6 is 46.4 Å². The van der Waals surface area contributed by atoms with Gasteiger partial charge in [-0.15, -0.1) is 23.2 Å². The second-order valence-electron chi connectivity index (χ2n) is 7.85. The van der Waals surface area contributed by atoms with Gasteiger partial charge in [0.05, 0.1) is 34.2 Å². The first-order valence-corrected chi connectivity index (χ1v) is 11.0. The van der Waals surface area contributed by atoms with Gasteiger partial charge in [-0.3, -0.25) is 9.59 Å². The van der Waals surface area contributed by atoms with Gasteiger partial charge in [0.1, 0.15) is 9.87 Å². The van der Waals surface area contributed by atoms with Crippen molar-refractivity contribution in [2.45, 2.75) is 28.6 Å². The van der Waals surface area contributed by atoms with Crippen LogP contribution in [-0.2, 0) is 4.79 Å². The van der Waals surface area contributed by atoms with Gasteiger partial charge in [-0.25, -0.2) is 0 Å². The van der Waals surface area contributed by atoms with Crippen LogP contribution in [0.5, 0.6) is 0 Å². The van der Waals surface area contributed by atoms with E-state index >= 15 is 0 Å². The van der Waals surface area contributed by atoms with E-state index in [4.69, 9.17) is 51.7 Å². The third-order valence-electron chi connectivity index (χ3n) is 5.54. The van der Waals surface area contributed by atoms with Gasteiger partial charge in [-0.05, 0) is 54.8 Å². The first kappa shape index (κ1) is 22.7. The zero-order valence-electron chi connectivity index (χ0n) is 16.3. The van der Waals surface area contributed by atoms with Crippen molar-refractivity contribution in [2.24, 2.45) is 5.92 Å². The average Bonchev–Trinajstić information content (AvgIpc) is 3.63. The van der Waals surface area contributed by atoms with Crippen molar-refractivity contribution in [3.63, 3.8) is 0 Å². The smallest absolute Gasteiger partial charge is 0.254 e. The number of nitriles is 2. The Morgan fingerprint density at radius 2 is 1.78 bits per heavy atom. The zero-order valence-corrected chi connectivity index (χ0v) is 19.3. The molecule has 32 heavy (non-hydrogen) atoms. The van der Waals surface area contributed by atoms with Gasteiger partial charge in [0.2, 0.25) is 5.91 Å². The summed E-state index contributed by atoms with van der Waals surface area (Å²) in [6.45, 7) is 0. The lowest BCUT2D eigenvalue weighted by atomic mass is 10.1. The van der Waals surface area contributed by atoms with E-state index in [0.717, 1.165) is 0 Å². The van der Waals surface area contributed by atoms with Gasteiger partial charge in [0, 0.05) is 16.6 Å². The minimum absolute atomic E-state index is 0.134. The molecule has 2 aliphatic rings. The molecule has 2 aromatic carbocycles. The summed E-state index contributed by atoms with van der Waals surface area (Å²) < 4.78 is -1.38. The summed E-state index contributed by atoms with van der Waals surface area (Å²) >= 11 is 25.0. The Morgan fingerprint density at radius 1 is 1.06 bits per heavy atom. The number of rotatable bonds is 5. The molecular formula is C22H14Cl4N4O2. The Balaban J connectivity index is 1.52. The first-order valence-electron chi connectivity index (χ1n) is 9.53. The Morgan fingerprint density at radius 3 is 2.41 bits per heavy atom. The van der Waals surface area contributed by atoms with Crippen LogP contribution in [0.1, 0.15) is 40.2 Å². The molecule has 2 fully saturated rings. The summed E-state index contributed by atoms with van der Waals surface area (Å²) in [7, 11) is 0. The van der Waals surface area contributed by atoms with Crippen LogP contribution < -0.4 is 10.6 Å². The molecule has 0 spiro atoms. The lowest BCUT2D eigenvalue weighted by Gasteiger charge is -2.12. The second-order valence-corrected chi connectivity index (χ2v) is 10.1. The minimum Gasteiger partial charge on any atom is -0.334 e. The van der Waals surface area contributed by atoms with Crippen molar-refractivity contribution in [3.8, 4) is 12.1 Å². The molecule has 2 aromatic rings. The van der Waals surface area contributed by atoms with Crippen molar-refractivity contribution in [1.82, 2.24) is 5.32 Å². The number of nitrogens with one attached hydrogen (secondary N) is 2. The molecule has 10 heteroatoms. The molecule has 6 nitrogen and oxygen atoms in total. The molecule has 0 radical (unpaired) electrons. The van der Waals surface area contributed by atoms with Crippen molar-refractivity contribution < 1.29 is 9.59 Å². The molecule has 0 saturated heterocycles. The van der Waals surface area contributed by atoms with Crippen molar-refractivity contribution >= 4 is 63.9 Å². The number of benzene rings is 2. The molecule has 2 saturated carbocycles. The maximum atomic E-state index is 12.9. The number of halogens is 4. The van der Waals surface area contributed by atoms with E-state index in [1.54, 1.807) is 18.2 Å². The lowest BCUT2D eigenvalue weighted by molar-refractivity contribution is -0.117. The summed E-state index contributed by atoms with van der Waals surface area (Å²) in [4.78, 5) is 25.5. The monoisotopic (exact) mass is 506 g/mol. The van der Waals surface area contributed by atoms with Crippen LogP contribution in [0.4, 0.5) is 5.69 Å². The first-order chi connectivity index (χ1) is 15.1. The minimum atomic E-state index is -1.38. The molecule has 2 atom stereocenters. The van der Waals surface area contributed by atoms with E-state index in [0.29, 0.717) is 34.7 Å². The Kier molecular flexibility index (Phi) is 5.77. The van der Waals surface area contributed by atoms with Gasteiger partial charge in [-0.1, -0.05) is 23.2 Å². The fraction of sp³-hybridized carbons (Fsp3) is 0.273. The van der Waals surface area contributed by atoms with E-state index in [-0.39, 0.29) is 10.6 Å². The van der Waals surface area contributed by atoms with E-state index in [2.05, 4.69) is 16.7 Å². The van der Waals surface area contributed by atoms with Crippen molar-refractivity contribution in [2.75, 3.05) is 5.32 Å². The molecule has 4 rings (SSSR count). The second kappa shape index (κ2) is 8.14. The van der Waals surface area contributed by atoms with E-state index in [1.165, 1.54) is 18.2 Å². The summed E-state index contributed by atoms with van der Waals surface area (Å²) in [5.41, 5.74) is 0.528. The number of hydrogen-bond donors (Lipinski definition) is 2. The molecule has 2 unspecified atom stereocenters. The Labute approximate surface area is 204 Å². The highest BCUT2D eigenvalue weighted by atomic mass is 35.5. The Bertz CT molecular complexity index is 1230. The topological polar surface area (TPSA) is 106 Å². The van der Waals surface area contributed by atoms with Gasteiger partial charge < -0.3 is 10.6 Å². The van der Waals surface area contributed by atoms with Gasteiger partial charge in [0.25, 0.3) is 5.91 Å². The van der Waals surface area contributed by atoms with Gasteiger partial charge >= 0.3 is 0 Å². The molecule has 0 aromatic heterocycles. The van der Waals surface area contributed by atoms with Crippen LogP contribution in [0, 0.1) is 28.6 Å². The highest BCUT2D eigenvalue weighted by molar-refractivity contribution is 6.53. The quantitative estimate of drug-likeness (QED) is 0.544. The number of alkyl halides is 2.